The number of hydrogen-bond acceptors (Lipinski definition) is 3. The average Bonchev–Trinajstić information content (AvgIpc) is 3.22. The number of pyridine rings is 1. The van der Waals surface area contributed by atoms with Gasteiger partial charge >= 0.3 is 0 Å². The topological polar surface area (TPSA) is 61.0 Å². The fourth-order valence-electron chi connectivity index (χ4n) is 4.38. The van der Waals surface area contributed by atoms with Crippen molar-refractivity contribution >= 4 is 16.8 Å². The van der Waals surface area contributed by atoms with E-state index in [0.29, 0.717) is 16.8 Å². The first kappa shape index (κ1) is 21.3. The molecule has 1 amide bonds. The van der Waals surface area contributed by atoms with Crippen molar-refractivity contribution in [2.24, 2.45) is 0 Å². The van der Waals surface area contributed by atoms with Gasteiger partial charge in [-0.3, -0.25) is 14.7 Å². The number of nitrogens with one attached hydrogen (secondary N) is 2. The van der Waals surface area contributed by atoms with Crippen LogP contribution < -0.4 is 5.32 Å². The molecule has 7 heteroatoms. The van der Waals surface area contributed by atoms with Crippen LogP contribution in [0.15, 0.2) is 67.0 Å². The van der Waals surface area contributed by atoms with Crippen molar-refractivity contribution < 1.29 is 13.6 Å². The van der Waals surface area contributed by atoms with Crippen LogP contribution in [0.1, 0.15) is 28.8 Å². The van der Waals surface area contributed by atoms with Crippen LogP contribution in [0, 0.1) is 11.6 Å². The lowest BCUT2D eigenvalue weighted by atomic mass is 10.0. The van der Waals surface area contributed by atoms with Gasteiger partial charge in [0, 0.05) is 54.5 Å². The molecule has 4 aromatic rings. The number of hydrogen-bond donors (Lipinski definition) is 2. The molecule has 0 saturated carbocycles. The highest BCUT2D eigenvalue weighted by atomic mass is 19.1. The molecule has 2 aromatic carbocycles. The fourth-order valence-corrected chi connectivity index (χ4v) is 4.38. The predicted molar refractivity (Wildman–Crippen MR) is 124 cm³/mol. The quantitative estimate of drug-likeness (QED) is 0.458. The summed E-state index contributed by atoms with van der Waals surface area (Å²) in [4.78, 5) is 22.5. The van der Waals surface area contributed by atoms with Crippen LogP contribution in [-0.4, -0.2) is 39.9 Å². The second-order valence-electron chi connectivity index (χ2n) is 8.47. The lowest BCUT2D eigenvalue weighted by Gasteiger charge is -2.32. The first-order valence-electron chi connectivity index (χ1n) is 11.1. The molecule has 2 N–H and O–H groups in total. The highest BCUT2D eigenvalue weighted by molar-refractivity contribution is 5.94. The number of amides is 1. The molecule has 1 aliphatic heterocycles. The number of benzene rings is 2. The number of likely N-dealkylation sites (tertiary alicyclic amines) is 1. The van der Waals surface area contributed by atoms with E-state index in [9.17, 15) is 13.6 Å². The molecule has 0 bridgehead atoms. The van der Waals surface area contributed by atoms with Crippen molar-refractivity contribution in [2.75, 3.05) is 13.1 Å². The first-order valence-corrected chi connectivity index (χ1v) is 11.1. The van der Waals surface area contributed by atoms with Crippen LogP contribution in [0.4, 0.5) is 8.78 Å². The minimum Gasteiger partial charge on any atom is -0.361 e. The van der Waals surface area contributed by atoms with E-state index in [0.717, 1.165) is 48.9 Å². The summed E-state index contributed by atoms with van der Waals surface area (Å²) in [7, 11) is 0. The zero-order chi connectivity index (χ0) is 22.8. The Morgan fingerprint density at radius 3 is 2.64 bits per heavy atom. The number of nitrogens with zero attached hydrogens (tertiary/aromatic N) is 2. The Bertz CT molecular complexity index is 1280. The summed E-state index contributed by atoms with van der Waals surface area (Å²) in [6.45, 7) is 2.53. The lowest BCUT2D eigenvalue weighted by molar-refractivity contribution is 0.0908. The first-order chi connectivity index (χ1) is 16.0. The lowest BCUT2D eigenvalue weighted by Crippen LogP contribution is -2.44. The van der Waals surface area contributed by atoms with E-state index in [1.165, 1.54) is 30.5 Å². The molecule has 1 fully saturated rings. The maximum atomic E-state index is 13.4. The van der Waals surface area contributed by atoms with Crippen LogP contribution in [0.5, 0.6) is 0 Å². The van der Waals surface area contributed by atoms with E-state index in [1.807, 2.05) is 12.3 Å². The molecule has 2 aromatic heterocycles. The Hall–Kier alpha value is -3.58. The Morgan fingerprint density at radius 2 is 1.88 bits per heavy atom. The normalized spacial score (nSPS) is 15.1. The number of aromatic amines is 1. The minimum atomic E-state index is -0.318. The van der Waals surface area contributed by atoms with Gasteiger partial charge in [-0.2, -0.15) is 0 Å². The van der Waals surface area contributed by atoms with E-state index in [1.54, 1.807) is 24.3 Å². The molecular formula is C26H24F2N4O. The summed E-state index contributed by atoms with van der Waals surface area (Å²) in [5, 5.41) is 4.15. The second-order valence-corrected chi connectivity index (χ2v) is 8.47. The van der Waals surface area contributed by atoms with Crippen LogP contribution >= 0.6 is 0 Å². The smallest absolute Gasteiger partial charge is 0.253 e. The highest BCUT2D eigenvalue weighted by Gasteiger charge is 2.22. The molecule has 0 spiro atoms. The average molecular weight is 447 g/mol. The van der Waals surface area contributed by atoms with Crippen LogP contribution in [0.3, 0.4) is 0 Å². The van der Waals surface area contributed by atoms with Gasteiger partial charge in [0.05, 0.1) is 11.3 Å². The maximum Gasteiger partial charge on any atom is 0.253 e. The minimum absolute atomic E-state index is 0.105. The van der Waals surface area contributed by atoms with Crippen molar-refractivity contribution in [3.05, 3.63) is 89.8 Å². The van der Waals surface area contributed by atoms with Gasteiger partial charge in [0.2, 0.25) is 0 Å². The van der Waals surface area contributed by atoms with Crippen molar-refractivity contribution in [3.8, 4) is 11.3 Å². The number of carbonyl (C=O) groups is 1. The van der Waals surface area contributed by atoms with Gasteiger partial charge in [-0.1, -0.05) is 12.1 Å². The Labute approximate surface area is 190 Å². The van der Waals surface area contributed by atoms with Gasteiger partial charge in [0.15, 0.2) is 0 Å². The molecule has 5 nitrogen and oxygen atoms in total. The largest absolute Gasteiger partial charge is 0.361 e. The molecule has 5 rings (SSSR count). The van der Waals surface area contributed by atoms with Crippen molar-refractivity contribution in [3.63, 3.8) is 0 Å². The van der Waals surface area contributed by atoms with Gasteiger partial charge in [0.25, 0.3) is 5.91 Å². The number of H-pyrrole nitrogens is 1. The SMILES string of the molecule is O=C(NC1CCN(Cc2c[nH]c3cc(F)ccc23)CC1)c1ccc(-c2cccc(F)c2)nc1. The molecule has 0 atom stereocenters. The fraction of sp³-hybridized carbons (Fsp3) is 0.231. The summed E-state index contributed by atoms with van der Waals surface area (Å²) in [5.74, 6) is -0.710. The summed E-state index contributed by atoms with van der Waals surface area (Å²) in [6, 6.07) is 14.6. The summed E-state index contributed by atoms with van der Waals surface area (Å²) in [5.41, 5.74) is 3.75. The maximum absolute atomic E-state index is 13.4. The number of rotatable bonds is 5. The van der Waals surface area contributed by atoms with E-state index in [2.05, 4.69) is 20.2 Å². The zero-order valence-electron chi connectivity index (χ0n) is 18.0. The molecule has 1 saturated heterocycles. The molecule has 168 valence electrons. The third-order valence-electron chi connectivity index (χ3n) is 6.19. The zero-order valence-corrected chi connectivity index (χ0v) is 18.0. The van der Waals surface area contributed by atoms with Gasteiger partial charge in [-0.05, 0) is 60.9 Å². The Morgan fingerprint density at radius 1 is 1.06 bits per heavy atom. The Kier molecular flexibility index (Phi) is 5.88. The molecule has 33 heavy (non-hydrogen) atoms. The summed E-state index contributed by atoms with van der Waals surface area (Å²) < 4.78 is 26.8. The van der Waals surface area contributed by atoms with Gasteiger partial charge in [0.1, 0.15) is 11.6 Å². The standard InChI is InChI=1S/C26H24F2N4O/c27-20-3-1-2-17(12-20)24-7-4-18(14-29-24)26(33)31-22-8-10-32(11-9-22)16-19-15-30-25-13-21(28)5-6-23(19)25/h1-7,12-15,22,30H,8-11,16H2,(H,31,33). The monoisotopic (exact) mass is 446 g/mol. The number of piperidine rings is 1. The molecule has 0 radical (unpaired) electrons. The van der Waals surface area contributed by atoms with Crippen LogP contribution in [-0.2, 0) is 6.54 Å². The third-order valence-corrected chi connectivity index (χ3v) is 6.19. The van der Waals surface area contributed by atoms with E-state index in [-0.39, 0.29) is 23.6 Å². The van der Waals surface area contributed by atoms with Crippen molar-refractivity contribution in [2.45, 2.75) is 25.4 Å². The predicted octanol–water partition coefficient (Wildman–Crippen LogP) is 4.90. The molecule has 0 aliphatic carbocycles. The molecular weight excluding hydrogens is 422 g/mol. The van der Waals surface area contributed by atoms with Crippen LogP contribution in [0.25, 0.3) is 22.2 Å². The number of aromatic nitrogens is 2. The van der Waals surface area contributed by atoms with Crippen LogP contribution in [0.2, 0.25) is 0 Å². The molecule has 1 aliphatic rings. The highest BCUT2D eigenvalue weighted by Crippen LogP contribution is 2.23. The van der Waals surface area contributed by atoms with E-state index >= 15 is 0 Å². The van der Waals surface area contributed by atoms with E-state index in [4.69, 9.17) is 0 Å². The summed E-state index contributed by atoms with van der Waals surface area (Å²) >= 11 is 0. The van der Waals surface area contributed by atoms with Gasteiger partial charge in [-0.15, -0.1) is 0 Å². The van der Waals surface area contributed by atoms with Crippen molar-refractivity contribution in [1.82, 2.24) is 20.2 Å². The number of fused-ring (bicyclic) bond motifs is 1. The third kappa shape index (κ3) is 4.78. The summed E-state index contributed by atoms with van der Waals surface area (Å²) in [6.07, 6.45) is 5.19. The Balaban J connectivity index is 1.15. The second kappa shape index (κ2) is 9.11. The molecule has 0 unspecified atom stereocenters. The van der Waals surface area contributed by atoms with E-state index < -0.39 is 0 Å². The van der Waals surface area contributed by atoms with Gasteiger partial charge in [-0.25, -0.2) is 8.78 Å². The van der Waals surface area contributed by atoms with Crippen molar-refractivity contribution in [1.29, 1.82) is 0 Å². The van der Waals surface area contributed by atoms with Gasteiger partial charge < -0.3 is 10.3 Å². The number of carbonyl (C=O) groups excluding carboxylic acids is 1. The number of halogens is 2. The molecule has 3 heterocycles.